The quantitative estimate of drug-likeness (QED) is 0.773. The van der Waals surface area contributed by atoms with Gasteiger partial charge < -0.3 is 15.7 Å². The van der Waals surface area contributed by atoms with Gasteiger partial charge >= 0.3 is 5.97 Å². The maximum Gasteiger partial charge on any atom is 0.338 e. The van der Waals surface area contributed by atoms with Crippen LogP contribution < -0.4 is 10.6 Å². The fraction of sp³-hybridized carbons (Fsp3) is 0.429. The van der Waals surface area contributed by atoms with E-state index in [0.29, 0.717) is 17.8 Å². The Bertz CT molecular complexity index is 519. The second kappa shape index (κ2) is 5.01. The summed E-state index contributed by atoms with van der Waals surface area (Å²) in [5.74, 6) is -1.16. The fourth-order valence-corrected chi connectivity index (χ4v) is 2.34. The topological polar surface area (TPSA) is 78.4 Å². The van der Waals surface area contributed by atoms with E-state index in [1.165, 1.54) is 0 Å². The number of amides is 1. The standard InChI is InChI=1S/C14H18N2O3/c1-9-4-3-5-10(11(9)12(17)18)16-13(19)14(2)6-7-15-8-14/h3-5,15H,6-8H2,1-2H3,(H,16,19)(H,17,18). The predicted molar refractivity (Wildman–Crippen MR) is 72.4 cm³/mol. The first-order valence-corrected chi connectivity index (χ1v) is 6.29. The molecule has 0 bridgehead atoms. The zero-order valence-corrected chi connectivity index (χ0v) is 11.1. The number of carboxylic acids is 1. The smallest absolute Gasteiger partial charge is 0.338 e. The molecule has 1 amide bonds. The molecule has 0 radical (unpaired) electrons. The molecule has 19 heavy (non-hydrogen) atoms. The van der Waals surface area contributed by atoms with Crippen LogP contribution in [0.3, 0.4) is 0 Å². The molecular weight excluding hydrogens is 244 g/mol. The van der Waals surface area contributed by atoms with Crippen LogP contribution >= 0.6 is 0 Å². The Morgan fingerprint density at radius 3 is 2.74 bits per heavy atom. The minimum absolute atomic E-state index is 0.134. The third-order valence-corrected chi connectivity index (χ3v) is 3.65. The lowest BCUT2D eigenvalue weighted by atomic mass is 9.88. The molecular formula is C14H18N2O3. The van der Waals surface area contributed by atoms with Gasteiger partial charge in [-0.1, -0.05) is 12.1 Å². The molecule has 1 aromatic rings. The van der Waals surface area contributed by atoms with Crippen LogP contribution in [0.2, 0.25) is 0 Å². The van der Waals surface area contributed by atoms with Gasteiger partial charge in [-0.25, -0.2) is 4.79 Å². The predicted octanol–water partition coefficient (Wildman–Crippen LogP) is 1.63. The lowest BCUT2D eigenvalue weighted by Crippen LogP contribution is -2.35. The monoisotopic (exact) mass is 262 g/mol. The van der Waals surface area contributed by atoms with Gasteiger partial charge in [0.25, 0.3) is 0 Å². The van der Waals surface area contributed by atoms with Crippen LogP contribution in [0.15, 0.2) is 18.2 Å². The van der Waals surface area contributed by atoms with Gasteiger partial charge in [0, 0.05) is 6.54 Å². The van der Waals surface area contributed by atoms with Crippen LogP contribution in [0.25, 0.3) is 0 Å². The van der Waals surface area contributed by atoms with Crippen molar-refractivity contribution >= 4 is 17.6 Å². The van der Waals surface area contributed by atoms with Gasteiger partial charge in [-0.05, 0) is 38.4 Å². The Labute approximate surface area is 112 Å². The molecule has 1 saturated heterocycles. The minimum atomic E-state index is -1.02. The van der Waals surface area contributed by atoms with Gasteiger partial charge in [-0.2, -0.15) is 0 Å². The van der Waals surface area contributed by atoms with Crippen molar-refractivity contribution < 1.29 is 14.7 Å². The van der Waals surface area contributed by atoms with E-state index in [2.05, 4.69) is 10.6 Å². The first-order valence-electron chi connectivity index (χ1n) is 6.29. The summed E-state index contributed by atoms with van der Waals surface area (Å²) in [7, 11) is 0. The minimum Gasteiger partial charge on any atom is -0.478 e. The van der Waals surface area contributed by atoms with Crippen molar-refractivity contribution in [3.8, 4) is 0 Å². The molecule has 1 atom stereocenters. The van der Waals surface area contributed by atoms with Gasteiger partial charge in [-0.3, -0.25) is 4.79 Å². The number of hydrogen-bond acceptors (Lipinski definition) is 3. The van der Waals surface area contributed by atoms with Crippen LogP contribution in [-0.2, 0) is 4.79 Å². The summed E-state index contributed by atoms with van der Waals surface area (Å²) in [6, 6.07) is 5.09. The van der Waals surface area contributed by atoms with E-state index in [1.54, 1.807) is 25.1 Å². The first kappa shape index (κ1) is 13.5. The fourth-order valence-electron chi connectivity index (χ4n) is 2.34. The summed E-state index contributed by atoms with van der Waals surface area (Å²) in [6.07, 6.45) is 0.757. The molecule has 0 aliphatic carbocycles. The highest BCUT2D eigenvalue weighted by Crippen LogP contribution is 2.28. The summed E-state index contributed by atoms with van der Waals surface area (Å²) in [5, 5.41) is 15.1. The second-order valence-electron chi connectivity index (χ2n) is 5.24. The number of carbonyl (C=O) groups excluding carboxylic acids is 1. The summed E-state index contributed by atoms with van der Waals surface area (Å²) in [4.78, 5) is 23.5. The van der Waals surface area contributed by atoms with Crippen LogP contribution in [0.1, 0.15) is 29.3 Å². The van der Waals surface area contributed by atoms with Gasteiger partial charge in [0.15, 0.2) is 0 Å². The van der Waals surface area contributed by atoms with E-state index in [0.717, 1.165) is 13.0 Å². The molecule has 1 aromatic carbocycles. The summed E-state index contributed by atoms with van der Waals surface area (Å²) >= 11 is 0. The Balaban J connectivity index is 2.26. The molecule has 1 aliphatic heterocycles. The van der Waals surface area contributed by atoms with Gasteiger partial charge in [0.05, 0.1) is 16.7 Å². The molecule has 1 aliphatic rings. The third kappa shape index (κ3) is 2.61. The molecule has 5 heteroatoms. The van der Waals surface area contributed by atoms with Crippen molar-refractivity contribution in [3.05, 3.63) is 29.3 Å². The Hall–Kier alpha value is -1.88. The van der Waals surface area contributed by atoms with E-state index >= 15 is 0 Å². The van der Waals surface area contributed by atoms with Crippen molar-refractivity contribution in [2.75, 3.05) is 18.4 Å². The summed E-state index contributed by atoms with van der Waals surface area (Å²) in [5.41, 5.74) is 0.690. The lowest BCUT2D eigenvalue weighted by molar-refractivity contribution is -0.123. The molecule has 1 heterocycles. The van der Waals surface area contributed by atoms with Crippen LogP contribution in [0, 0.1) is 12.3 Å². The number of carbonyl (C=O) groups is 2. The van der Waals surface area contributed by atoms with Crippen molar-refractivity contribution in [1.29, 1.82) is 0 Å². The number of anilines is 1. The summed E-state index contributed by atoms with van der Waals surface area (Å²) in [6.45, 7) is 5.03. The average Bonchev–Trinajstić information content (AvgIpc) is 2.77. The second-order valence-corrected chi connectivity index (χ2v) is 5.24. The van der Waals surface area contributed by atoms with Crippen LogP contribution in [0.5, 0.6) is 0 Å². The molecule has 1 unspecified atom stereocenters. The number of rotatable bonds is 3. The number of aromatic carboxylic acids is 1. The molecule has 0 spiro atoms. The highest BCUT2D eigenvalue weighted by atomic mass is 16.4. The molecule has 5 nitrogen and oxygen atoms in total. The Morgan fingerprint density at radius 1 is 1.42 bits per heavy atom. The average molecular weight is 262 g/mol. The van der Waals surface area contributed by atoms with E-state index in [-0.39, 0.29) is 11.5 Å². The van der Waals surface area contributed by atoms with Crippen molar-refractivity contribution in [2.24, 2.45) is 5.41 Å². The highest BCUT2D eigenvalue weighted by Gasteiger charge is 2.36. The zero-order valence-electron chi connectivity index (χ0n) is 11.1. The molecule has 3 N–H and O–H groups in total. The normalized spacial score (nSPS) is 22.2. The molecule has 1 fully saturated rings. The number of nitrogens with one attached hydrogen (secondary N) is 2. The first-order chi connectivity index (χ1) is 8.94. The van der Waals surface area contributed by atoms with E-state index < -0.39 is 11.4 Å². The molecule has 0 saturated carbocycles. The molecule has 0 aromatic heterocycles. The molecule has 102 valence electrons. The van der Waals surface area contributed by atoms with Gasteiger partial charge in [0.1, 0.15) is 0 Å². The van der Waals surface area contributed by atoms with Gasteiger partial charge in [-0.15, -0.1) is 0 Å². The zero-order chi connectivity index (χ0) is 14.0. The lowest BCUT2D eigenvalue weighted by Gasteiger charge is -2.22. The summed E-state index contributed by atoms with van der Waals surface area (Å²) < 4.78 is 0. The maximum atomic E-state index is 12.3. The van der Waals surface area contributed by atoms with Crippen molar-refractivity contribution in [2.45, 2.75) is 20.3 Å². The van der Waals surface area contributed by atoms with Crippen LogP contribution in [-0.4, -0.2) is 30.1 Å². The van der Waals surface area contributed by atoms with Crippen molar-refractivity contribution in [3.63, 3.8) is 0 Å². The highest BCUT2D eigenvalue weighted by molar-refractivity contribution is 6.03. The number of aryl methyl sites for hydroxylation is 1. The Morgan fingerprint density at radius 2 is 2.16 bits per heavy atom. The number of carboxylic acid groups (broad SMARTS) is 1. The van der Waals surface area contributed by atoms with Gasteiger partial charge in [0.2, 0.25) is 5.91 Å². The number of hydrogen-bond donors (Lipinski definition) is 3. The maximum absolute atomic E-state index is 12.3. The molecule has 2 rings (SSSR count). The Kier molecular flexibility index (Phi) is 3.57. The number of benzene rings is 1. The van der Waals surface area contributed by atoms with E-state index in [9.17, 15) is 14.7 Å². The SMILES string of the molecule is Cc1cccc(NC(=O)C2(C)CCNC2)c1C(=O)O. The van der Waals surface area contributed by atoms with E-state index in [1.807, 2.05) is 6.92 Å². The third-order valence-electron chi connectivity index (χ3n) is 3.65. The largest absolute Gasteiger partial charge is 0.478 e. The van der Waals surface area contributed by atoms with Crippen molar-refractivity contribution in [1.82, 2.24) is 5.32 Å². The van der Waals surface area contributed by atoms with E-state index in [4.69, 9.17) is 0 Å². The van der Waals surface area contributed by atoms with Crippen LogP contribution in [0.4, 0.5) is 5.69 Å².